The molecular formula is C13H11BrClFN2. The summed E-state index contributed by atoms with van der Waals surface area (Å²) < 4.78 is 13.7. The Morgan fingerprint density at radius 1 is 1.28 bits per heavy atom. The Bertz CT molecular complexity index is 575. The van der Waals surface area contributed by atoms with Gasteiger partial charge in [0.25, 0.3) is 0 Å². The molecule has 2 rings (SSSR count). The van der Waals surface area contributed by atoms with Gasteiger partial charge in [0.05, 0.1) is 15.8 Å². The van der Waals surface area contributed by atoms with Crippen molar-refractivity contribution in [3.05, 3.63) is 57.3 Å². The third-order valence-corrected chi connectivity index (χ3v) is 3.31. The Morgan fingerprint density at radius 3 is 2.78 bits per heavy atom. The van der Waals surface area contributed by atoms with Crippen LogP contribution in [0, 0.1) is 5.82 Å². The summed E-state index contributed by atoms with van der Waals surface area (Å²) in [7, 11) is 0. The van der Waals surface area contributed by atoms with Crippen molar-refractivity contribution in [2.45, 2.75) is 6.54 Å². The van der Waals surface area contributed by atoms with Crippen molar-refractivity contribution in [1.82, 2.24) is 0 Å². The van der Waals surface area contributed by atoms with Crippen LogP contribution >= 0.6 is 27.5 Å². The smallest absolute Gasteiger partial charge is 0.139 e. The van der Waals surface area contributed by atoms with Gasteiger partial charge in [-0.1, -0.05) is 23.7 Å². The number of hydrogen-bond acceptors (Lipinski definition) is 2. The lowest BCUT2D eigenvalue weighted by Crippen LogP contribution is -2.03. The van der Waals surface area contributed by atoms with Crippen molar-refractivity contribution in [3.63, 3.8) is 0 Å². The lowest BCUT2D eigenvalue weighted by Gasteiger charge is -2.10. The molecular weight excluding hydrogens is 319 g/mol. The average molecular weight is 330 g/mol. The fraction of sp³-hybridized carbons (Fsp3) is 0.0769. The summed E-state index contributed by atoms with van der Waals surface area (Å²) in [6.07, 6.45) is 0. The van der Waals surface area contributed by atoms with Gasteiger partial charge in [-0.3, -0.25) is 0 Å². The standard InChI is InChI=1S/C13H11BrClFN2/c14-10-5-12(17)13(6-11(10)16)18-7-8-2-1-3-9(15)4-8/h1-6,18H,7,17H2. The van der Waals surface area contributed by atoms with Crippen molar-refractivity contribution in [2.75, 3.05) is 11.1 Å². The van der Waals surface area contributed by atoms with E-state index in [2.05, 4.69) is 21.2 Å². The van der Waals surface area contributed by atoms with Gasteiger partial charge in [0.15, 0.2) is 0 Å². The second kappa shape index (κ2) is 5.59. The Kier molecular flexibility index (Phi) is 4.09. The van der Waals surface area contributed by atoms with Gasteiger partial charge in [0.1, 0.15) is 5.82 Å². The number of benzene rings is 2. The number of rotatable bonds is 3. The minimum atomic E-state index is -0.349. The molecule has 3 N–H and O–H groups in total. The Labute approximate surface area is 118 Å². The maximum absolute atomic E-state index is 13.4. The monoisotopic (exact) mass is 328 g/mol. The molecule has 2 aromatic rings. The van der Waals surface area contributed by atoms with Crippen LogP contribution in [-0.4, -0.2) is 0 Å². The number of nitrogens with one attached hydrogen (secondary N) is 1. The molecule has 0 heterocycles. The van der Waals surface area contributed by atoms with E-state index in [0.717, 1.165) is 5.56 Å². The summed E-state index contributed by atoms with van der Waals surface area (Å²) in [5, 5.41) is 3.75. The first-order valence-electron chi connectivity index (χ1n) is 5.29. The fourth-order valence-corrected chi connectivity index (χ4v) is 2.13. The highest BCUT2D eigenvalue weighted by atomic mass is 79.9. The predicted octanol–water partition coefficient (Wildman–Crippen LogP) is 4.44. The molecule has 0 amide bonds. The molecule has 0 saturated heterocycles. The summed E-state index contributed by atoms with van der Waals surface area (Å²) in [4.78, 5) is 0. The lowest BCUT2D eigenvalue weighted by molar-refractivity contribution is 0.622. The Balaban J connectivity index is 2.13. The second-order valence-corrected chi connectivity index (χ2v) is 5.13. The molecule has 5 heteroatoms. The highest BCUT2D eigenvalue weighted by molar-refractivity contribution is 9.10. The molecule has 0 aliphatic rings. The number of anilines is 2. The zero-order valence-electron chi connectivity index (χ0n) is 9.38. The summed E-state index contributed by atoms with van der Waals surface area (Å²) in [5.41, 5.74) is 7.86. The molecule has 0 unspecified atom stereocenters. The van der Waals surface area contributed by atoms with E-state index >= 15 is 0 Å². The minimum absolute atomic E-state index is 0.349. The Hall–Kier alpha value is -1.26. The molecule has 94 valence electrons. The number of nitrogens with two attached hydrogens (primary N) is 1. The lowest BCUT2D eigenvalue weighted by atomic mass is 10.2. The van der Waals surface area contributed by atoms with E-state index in [1.165, 1.54) is 12.1 Å². The molecule has 0 spiro atoms. The molecule has 2 nitrogen and oxygen atoms in total. The first-order chi connectivity index (χ1) is 8.56. The van der Waals surface area contributed by atoms with Gasteiger partial charge >= 0.3 is 0 Å². The molecule has 0 aliphatic carbocycles. The summed E-state index contributed by atoms with van der Waals surface area (Å²) in [5.74, 6) is -0.349. The quantitative estimate of drug-likeness (QED) is 0.817. The normalized spacial score (nSPS) is 10.4. The van der Waals surface area contributed by atoms with Gasteiger partial charge in [-0.2, -0.15) is 0 Å². The third kappa shape index (κ3) is 3.15. The van der Waals surface area contributed by atoms with Crippen LogP contribution in [0.4, 0.5) is 15.8 Å². The summed E-state index contributed by atoms with van der Waals surface area (Å²) in [6, 6.07) is 10.4. The molecule has 0 atom stereocenters. The molecule has 18 heavy (non-hydrogen) atoms. The molecule has 0 bridgehead atoms. The van der Waals surface area contributed by atoms with Gasteiger partial charge in [0, 0.05) is 17.6 Å². The zero-order chi connectivity index (χ0) is 13.1. The van der Waals surface area contributed by atoms with Gasteiger partial charge in [0.2, 0.25) is 0 Å². The zero-order valence-corrected chi connectivity index (χ0v) is 11.7. The largest absolute Gasteiger partial charge is 0.397 e. The van der Waals surface area contributed by atoms with E-state index in [1.807, 2.05) is 18.2 Å². The van der Waals surface area contributed by atoms with E-state index in [-0.39, 0.29) is 5.82 Å². The SMILES string of the molecule is Nc1cc(Br)c(F)cc1NCc1cccc(Cl)c1. The predicted molar refractivity (Wildman–Crippen MR) is 77.3 cm³/mol. The fourth-order valence-electron chi connectivity index (χ4n) is 1.56. The van der Waals surface area contributed by atoms with Crippen molar-refractivity contribution >= 4 is 38.9 Å². The van der Waals surface area contributed by atoms with Crippen LogP contribution < -0.4 is 11.1 Å². The van der Waals surface area contributed by atoms with Crippen LogP contribution in [-0.2, 0) is 6.54 Å². The molecule has 0 saturated carbocycles. The molecule has 2 aromatic carbocycles. The first-order valence-corrected chi connectivity index (χ1v) is 6.46. The summed E-state index contributed by atoms with van der Waals surface area (Å²) >= 11 is 8.97. The van der Waals surface area contributed by atoms with E-state index in [1.54, 1.807) is 6.07 Å². The van der Waals surface area contributed by atoms with Crippen LogP contribution in [0.3, 0.4) is 0 Å². The van der Waals surface area contributed by atoms with Crippen molar-refractivity contribution in [3.8, 4) is 0 Å². The van der Waals surface area contributed by atoms with Crippen molar-refractivity contribution < 1.29 is 4.39 Å². The van der Waals surface area contributed by atoms with E-state index in [4.69, 9.17) is 17.3 Å². The van der Waals surface area contributed by atoms with E-state index < -0.39 is 0 Å². The number of nitrogen functional groups attached to an aromatic ring is 1. The summed E-state index contributed by atoms with van der Waals surface area (Å²) in [6.45, 7) is 0.534. The minimum Gasteiger partial charge on any atom is -0.397 e. The highest BCUT2D eigenvalue weighted by Gasteiger charge is 2.05. The van der Waals surface area contributed by atoms with Crippen LogP contribution in [0.5, 0.6) is 0 Å². The van der Waals surface area contributed by atoms with Crippen molar-refractivity contribution in [2.24, 2.45) is 0 Å². The Morgan fingerprint density at radius 2 is 2.06 bits per heavy atom. The number of hydrogen-bond donors (Lipinski definition) is 2. The van der Waals surface area contributed by atoms with Crippen LogP contribution in [0.15, 0.2) is 40.9 Å². The molecule has 0 fully saturated rings. The first kappa shape index (κ1) is 13.2. The van der Waals surface area contributed by atoms with Crippen molar-refractivity contribution in [1.29, 1.82) is 0 Å². The maximum atomic E-state index is 13.4. The second-order valence-electron chi connectivity index (χ2n) is 3.84. The van der Waals surface area contributed by atoms with Gasteiger partial charge in [-0.15, -0.1) is 0 Å². The van der Waals surface area contributed by atoms with Gasteiger partial charge in [-0.05, 0) is 39.7 Å². The molecule has 0 radical (unpaired) electrons. The third-order valence-electron chi connectivity index (χ3n) is 2.46. The van der Waals surface area contributed by atoms with E-state index in [0.29, 0.717) is 27.4 Å². The molecule has 0 aromatic heterocycles. The van der Waals surface area contributed by atoms with Crippen LogP contribution in [0.25, 0.3) is 0 Å². The van der Waals surface area contributed by atoms with E-state index in [9.17, 15) is 4.39 Å². The highest BCUT2D eigenvalue weighted by Crippen LogP contribution is 2.27. The van der Waals surface area contributed by atoms with Gasteiger partial charge < -0.3 is 11.1 Å². The number of halogens is 3. The average Bonchev–Trinajstić information content (AvgIpc) is 2.32. The maximum Gasteiger partial charge on any atom is 0.139 e. The molecule has 0 aliphatic heterocycles. The topological polar surface area (TPSA) is 38.0 Å². The van der Waals surface area contributed by atoms with Crippen LogP contribution in [0.2, 0.25) is 5.02 Å². The van der Waals surface area contributed by atoms with Crippen LogP contribution in [0.1, 0.15) is 5.56 Å². The van der Waals surface area contributed by atoms with Gasteiger partial charge in [-0.25, -0.2) is 4.39 Å².